The van der Waals surface area contributed by atoms with Crippen LogP contribution in [0.4, 0.5) is 0 Å². The summed E-state index contributed by atoms with van der Waals surface area (Å²) in [6, 6.07) is 9.16. The summed E-state index contributed by atoms with van der Waals surface area (Å²) in [5, 5.41) is 0. The molecule has 0 bridgehead atoms. The van der Waals surface area contributed by atoms with Gasteiger partial charge in [-0.1, -0.05) is 18.2 Å². The van der Waals surface area contributed by atoms with Crippen molar-refractivity contribution >= 4 is 5.91 Å². The monoisotopic (exact) mass is 328 g/mol. The van der Waals surface area contributed by atoms with Gasteiger partial charge < -0.3 is 14.5 Å². The van der Waals surface area contributed by atoms with Gasteiger partial charge in [0.2, 0.25) is 5.91 Å². The van der Waals surface area contributed by atoms with Gasteiger partial charge in [0, 0.05) is 24.5 Å². The molecule has 2 saturated heterocycles. The summed E-state index contributed by atoms with van der Waals surface area (Å²) >= 11 is 0. The molecule has 3 aliphatic rings. The highest BCUT2D eigenvalue weighted by molar-refractivity contribution is 5.84. The van der Waals surface area contributed by atoms with E-state index in [1.807, 2.05) is 18.2 Å². The molecule has 2 aliphatic heterocycles. The van der Waals surface area contributed by atoms with Crippen LogP contribution in [0.1, 0.15) is 43.6 Å². The molecule has 3 fully saturated rings. The quantitative estimate of drug-likeness (QED) is 0.852. The third-order valence-electron chi connectivity index (χ3n) is 6.25. The molecule has 24 heavy (non-hydrogen) atoms. The number of likely N-dealkylation sites (tertiary alicyclic amines) is 2. The summed E-state index contributed by atoms with van der Waals surface area (Å²) in [4.78, 5) is 17.8. The number of amides is 1. The lowest BCUT2D eigenvalue weighted by molar-refractivity contribution is -0.134. The van der Waals surface area contributed by atoms with Crippen molar-refractivity contribution in [2.45, 2.75) is 50.1 Å². The minimum Gasteiger partial charge on any atom is -0.496 e. The number of hydrogen-bond acceptors (Lipinski definition) is 3. The number of carbonyl (C=O) groups is 1. The van der Waals surface area contributed by atoms with Crippen LogP contribution in [0.5, 0.6) is 5.75 Å². The van der Waals surface area contributed by atoms with Crippen LogP contribution in [0.2, 0.25) is 0 Å². The molecule has 4 atom stereocenters. The fraction of sp³-hybridized carbons (Fsp3) is 0.650. The first-order valence-electron chi connectivity index (χ1n) is 9.34. The fourth-order valence-electron chi connectivity index (χ4n) is 4.89. The minimum absolute atomic E-state index is 0.161. The van der Waals surface area contributed by atoms with Gasteiger partial charge in [0.25, 0.3) is 0 Å². The third kappa shape index (κ3) is 2.71. The minimum atomic E-state index is 0.161. The maximum atomic E-state index is 13.1. The first kappa shape index (κ1) is 15.9. The highest BCUT2D eigenvalue weighted by Gasteiger charge is 2.49. The van der Waals surface area contributed by atoms with Gasteiger partial charge in [-0.25, -0.2) is 0 Å². The lowest BCUT2D eigenvalue weighted by atomic mass is 10.0. The average molecular weight is 328 g/mol. The summed E-state index contributed by atoms with van der Waals surface area (Å²) in [6.07, 6.45) is 5.82. The summed E-state index contributed by atoms with van der Waals surface area (Å²) in [7, 11) is 3.93. The van der Waals surface area contributed by atoms with Crippen molar-refractivity contribution in [3.63, 3.8) is 0 Å². The predicted octanol–water partition coefficient (Wildman–Crippen LogP) is 2.88. The van der Waals surface area contributed by atoms with E-state index in [9.17, 15) is 4.79 Å². The topological polar surface area (TPSA) is 32.8 Å². The summed E-state index contributed by atoms with van der Waals surface area (Å²) in [5.74, 6) is 1.81. The van der Waals surface area contributed by atoms with Gasteiger partial charge in [0.05, 0.1) is 7.11 Å². The number of likely N-dealkylation sites (N-methyl/N-ethyl adjacent to an activating group) is 1. The molecule has 0 N–H and O–H groups in total. The van der Waals surface area contributed by atoms with Crippen molar-refractivity contribution in [2.24, 2.45) is 5.92 Å². The highest BCUT2D eigenvalue weighted by Crippen LogP contribution is 2.52. The van der Waals surface area contributed by atoms with E-state index in [2.05, 4.69) is 22.9 Å². The zero-order chi connectivity index (χ0) is 16.7. The second-order valence-electron chi connectivity index (χ2n) is 7.62. The molecule has 0 radical (unpaired) electrons. The number of hydrogen-bond donors (Lipinski definition) is 0. The van der Waals surface area contributed by atoms with E-state index in [4.69, 9.17) is 4.74 Å². The molecule has 1 amide bonds. The number of rotatable bonds is 4. The van der Waals surface area contributed by atoms with Crippen molar-refractivity contribution < 1.29 is 9.53 Å². The van der Waals surface area contributed by atoms with Crippen LogP contribution in [0.15, 0.2) is 24.3 Å². The lowest BCUT2D eigenvalue weighted by Gasteiger charge is -2.33. The summed E-state index contributed by atoms with van der Waals surface area (Å²) in [5.41, 5.74) is 1.20. The molecule has 4 heteroatoms. The van der Waals surface area contributed by atoms with E-state index < -0.39 is 0 Å². The maximum absolute atomic E-state index is 13.1. The van der Waals surface area contributed by atoms with Crippen LogP contribution >= 0.6 is 0 Å². The van der Waals surface area contributed by atoms with Gasteiger partial charge in [0.1, 0.15) is 5.75 Å². The number of benzene rings is 1. The first-order chi connectivity index (χ1) is 11.7. The molecular weight excluding hydrogens is 300 g/mol. The second-order valence-corrected chi connectivity index (χ2v) is 7.62. The number of para-hydroxylation sites is 1. The fourth-order valence-corrected chi connectivity index (χ4v) is 4.89. The van der Waals surface area contributed by atoms with Crippen molar-refractivity contribution in [1.29, 1.82) is 0 Å². The first-order valence-corrected chi connectivity index (χ1v) is 9.34. The van der Waals surface area contributed by atoms with E-state index in [-0.39, 0.29) is 5.92 Å². The Kier molecular flexibility index (Phi) is 4.25. The Morgan fingerprint density at radius 1 is 1.12 bits per heavy atom. The smallest absolute Gasteiger partial charge is 0.226 e. The van der Waals surface area contributed by atoms with Crippen molar-refractivity contribution in [2.75, 3.05) is 27.2 Å². The van der Waals surface area contributed by atoms with E-state index in [0.717, 1.165) is 25.1 Å². The van der Waals surface area contributed by atoms with E-state index in [0.29, 0.717) is 23.9 Å². The van der Waals surface area contributed by atoms with Gasteiger partial charge in [0.15, 0.2) is 0 Å². The molecule has 1 aliphatic carbocycles. The predicted molar refractivity (Wildman–Crippen MR) is 94.2 cm³/mol. The third-order valence-corrected chi connectivity index (χ3v) is 6.25. The van der Waals surface area contributed by atoms with Crippen LogP contribution < -0.4 is 4.74 Å². The average Bonchev–Trinajstić information content (AvgIpc) is 3.04. The molecule has 0 unspecified atom stereocenters. The second kappa shape index (κ2) is 6.40. The molecule has 1 aromatic rings. The molecule has 0 spiro atoms. The number of ether oxygens (including phenoxy) is 1. The lowest BCUT2D eigenvalue weighted by Crippen LogP contribution is -2.47. The van der Waals surface area contributed by atoms with Gasteiger partial charge in [-0.3, -0.25) is 4.79 Å². The SMILES string of the molecule is COc1ccccc1[C@@H]1C[C@@H]1C(=O)N1CCC[C@H]1[C@@H]1CCCN1C. The molecule has 1 aromatic carbocycles. The Morgan fingerprint density at radius 3 is 2.62 bits per heavy atom. The normalized spacial score (nSPS) is 33.0. The molecule has 0 aromatic heterocycles. The van der Waals surface area contributed by atoms with Gasteiger partial charge in [-0.15, -0.1) is 0 Å². The number of methoxy groups -OCH3 is 1. The zero-order valence-electron chi connectivity index (χ0n) is 14.8. The molecule has 2 heterocycles. The van der Waals surface area contributed by atoms with Crippen LogP contribution in [-0.2, 0) is 4.79 Å². The van der Waals surface area contributed by atoms with Crippen LogP contribution in [-0.4, -0.2) is 55.0 Å². The molecule has 130 valence electrons. The highest BCUT2D eigenvalue weighted by atomic mass is 16.5. The Balaban J connectivity index is 1.46. The van der Waals surface area contributed by atoms with Gasteiger partial charge >= 0.3 is 0 Å². The van der Waals surface area contributed by atoms with Crippen LogP contribution in [0, 0.1) is 5.92 Å². The number of nitrogens with zero attached hydrogens (tertiary/aromatic N) is 2. The van der Waals surface area contributed by atoms with Gasteiger partial charge in [-0.05, 0) is 63.2 Å². The zero-order valence-corrected chi connectivity index (χ0v) is 14.8. The molecule has 4 nitrogen and oxygen atoms in total. The number of carbonyl (C=O) groups excluding carboxylic acids is 1. The van der Waals surface area contributed by atoms with Crippen molar-refractivity contribution in [3.8, 4) is 5.75 Å². The maximum Gasteiger partial charge on any atom is 0.226 e. The van der Waals surface area contributed by atoms with Crippen molar-refractivity contribution in [1.82, 2.24) is 9.80 Å². The van der Waals surface area contributed by atoms with E-state index >= 15 is 0 Å². The Hall–Kier alpha value is -1.55. The molecule has 4 rings (SSSR count). The Morgan fingerprint density at radius 2 is 1.88 bits per heavy atom. The van der Waals surface area contributed by atoms with E-state index in [1.165, 1.54) is 31.4 Å². The van der Waals surface area contributed by atoms with Crippen LogP contribution in [0.25, 0.3) is 0 Å². The molecule has 1 saturated carbocycles. The summed E-state index contributed by atoms with van der Waals surface area (Å²) < 4.78 is 5.49. The Bertz CT molecular complexity index is 617. The molecular formula is C20H28N2O2. The summed E-state index contributed by atoms with van der Waals surface area (Å²) in [6.45, 7) is 2.12. The standard InChI is InChI=1S/C20H28N2O2/c1-21-11-5-8-17(21)18-9-6-12-22(18)20(23)16-13-15(16)14-7-3-4-10-19(14)24-2/h3-4,7,10,15-18H,5-6,8-9,11-13H2,1-2H3/t15-,16-,17-,18-/m0/s1. The van der Waals surface area contributed by atoms with Crippen LogP contribution in [0.3, 0.4) is 0 Å². The van der Waals surface area contributed by atoms with Gasteiger partial charge in [-0.2, -0.15) is 0 Å². The Labute approximate surface area is 144 Å². The largest absolute Gasteiger partial charge is 0.496 e. The van der Waals surface area contributed by atoms with E-state index in [1.54, 1.807) is 7.11 Å². The van der Waals surface area contributed by atoms with Crippen molar-refractivity contribution in [3.05, 3.63) is 29.8 Å².